The highest BCUT2D eigenvalue weighted by Gasteiger charge is 2.73. The second kappa shape index (κ2) is 12.3. The third-order valence-electron chi connectivity index (χ3n) is 4.94. The minimum Gasteiger partial charge on any atom is -0.396 e. The van der Waals surface area contributed by atoms with Gasteiger partial charge in [0.15, 0.2) is 16.8 Å². The summed E-state index contributed by atoms with van der Waals surface area (Å²) in [5.74, 6) is -10.6. The first kappa shape index (κ1) is 32.0. The number of alkyl halides is 7. The molecule has 2 aromatic rings. The highest BCUT2D eigenvalue weighted by Crippen LogP contribution is 2.51. The van der Waals surface area contributed by atoms with E-state index in [0.29, 0.717) is 17.3 Å². The van der Waals surface area contributed by atoms with Crippen LogP contribution in [-0.4, -0.2) is 58.5 Å². The van der Waals surface area contributed by atoms with Gasteiger partial charge >= 0.3 is 18.0 Å². The van der Waals surface area contributed by atoms with E-state index in [1.807, 2.05) is 5.32 Å². The molecule has 1 aromatic heterocycles. The smallest absolute Gasteiger partial charge is 0.396 e. The maximum absolute atomic E-state index is 14.5. The number of benzene rings is 1. The van der Waals surface area contributed by atoms with Gasteiger partial charge in [0, 0.05) is 29.8 Å². The van der Waals surface area contributed by atoms with Crippen LogP contribution in [0, 0.1) is 18.2 Å². The molecule has 1 amide bonds. The molecule has 0 unspecified atom stereocenters. The zero-order valence-corrected chi connectivity index (χ0v) is 20.9. The summed E-state index contributed by atoms with van der Waals surface area (Å²) in [6.45, 7) is 1.43. The van der Waals surface area contributed by atoms with Crippen molar-refractivity contribution in [2.45, 2.75) is 36.3 Å². The summed E-state index contributed by atoms with van der Waals surface area (Å²) in [7, 11) is 1.26. The van der Waals surface area contributed by atoms with Gasteiger partial charge < -0.3 is 10.4 Å². The number of pyridine rings is 1. The molecular weight excluding hydrogens is 568 g/mol. The summed E-state index contributed by atoms with van der Waals surface area (Å²) in [6, 6.07) is 2.43. The molecule has 0 radical (unpaired) electrons. The van der Waals surface area contributed by atoms with Crippen molar-refractivity contribution < 1.29 is 49.9 Å². The van der Waals surface area contributed by atoms with Gasteiger partial charge in [0.1, 0.15) is 0 Å². The number of amides is 1. The number of carbonyl (C=O) groups excluding carboxylic acids is 1. The number of aryl methyl sites for hydroxylation is 1. The van der Waals surface area contributed by atoms with Crippen LogP contribution >= 0.6 is 11.8 Å². The van der Waals surface area contributed by atoms with Crippen LogP contribution in [-0.2, 0) is 10.8 Å². The number of aliphatic hydroxyl groups is 1. The lowest BCUT2D eigenvalue weighted by atomic mass is 10.0. The van der Waals surface area contributed by atoms with Crippen LogP contribution in [0.1, 0.15) is 27.9 Å². The number of anilines is 2. The predicted octanol–water partition coefficient (Wildman–Crippen LogP) is 4.63. The van der Waals surface area contributed by atoms with Crippen LogP contribution in [0.5, 0.6) is 0 Å². The van der Waals surface area contributed by atoms with Gasteiger partial charge in [-0.1, -0.05) is 11.8 Å². The Morgan fingerprint density at radius 3 is 2.38 bits per heavy atom. The number of thioether (sulfide) groups is 1. The third kappa shape index (κ3) is 7.06. The summed E-state index contributed by atoms with van der Waals surface area (Å²) in [4.78, 5) is 21.1. The van der Waals surface area contributed by atoms with Crippen molar-refractivity contribution in [2.24, 2.45) is 5.84 Å². The first-order chi connectivity index (χ1) is 18.0. The van der Waals surface area contributed by atoms with Crippen LogP contribution in [0.25, 0.3) is 0 Å². The minimum atomic E-state index is -6.64. The van der Waals surface area contributed by atoms with E-state index in [-0.39, 0.29) is 53.1 Å². The second-order valence-electron chi connectivity index (χ2n) is 7.81. The maximum atomic E-state index is 14.5. The van der Waals surface area contributed by atoms with E-state index in [1.54, 1.807) is 6.92 Å². The molecule has 39 heavy (non-hydrogen) atoms. The largest absolute Gasteiger partial charge is 0.460 e. The van der Waals surface area contributed by atoms with Gasteiger partial charge in [-0.15, -0.1) is 0 Å². The van der Waals surface area contributed by atoms with Gasteiger partial charge in [-0.05, 0) is 37.1 Å². The average Bonchev–Trinajstić information content (AvgIpc) is 2.84. The summed E-state index contributed by atoms with van der Waals surface area (Å²) in [5.41, 5.74) is 0.779. The number of carbonyl (C=O) groups is 1. The molecule has 0 fully saturated rings. The first-order valence-corrected chi connectivity index (χ1v) is 11.4. The molecule has 2 rings (SSSR count). The van der Waals surface area contributed by atoms with Gasteiger partial charge in [-0.2, -0.15) is 30.7 Å². The van der Waals surface area contributed by atoms with Crippen molar-refractivity contribution in [1.82, 2.24) is 9.99 Å². The van der Waals surface area contributed by atoms with Crippen LogP contribution in [0.15, 0.2) is 29.3 Å². The molecule has 18 heteroatoms. The Morgan fingerprint density at radius 1 is 1.21 bits per heavy atom. The Balaban J connectivity index is 2.43. The second-order valence-corrected chi connectivity index (χ2v) is 8.81. The van der Waals surface area contributed by atoms with E-state index in [4.69, 9.17) is 21.2 Å². The van der Waals surface area contributed by atoms with Gasteiger partial charge in [-0.25, -0.2) is 15.2 Å². The number of aromatic nitrogens is 1. The zero-order valence-electron chi connectivity index (χ0n) is 20.1. The van der Waals surface area contributed by atoms with Crippen molar-refractivity contribution >= 4 is 34.3 Å². The number of halogens is 8. The molecule has 0 bridgehead atoms. The number of rotatable bonds is 10. The van der Waals surface area contributed by atoms with E-state index in [9.17, 15) is 39.9 Å². The third-order valence-corrected chi connectivity index (χ3v) is 6.12. The summed E-state index contributed by atoms with van der Waals surface area (Å²) in [5, 5.41) is 19.7. The van der Waals surface area contributed by atoms with Gasteiger partial charge in [0.05, 0.1) is 18.4 Å². The van der Waals surface area contributed by atoms with Gasteiger partial charge in [0.25, 0.3) is 5.91 Å². The van der Waals surface area contributed by atoms with Crippen molar-refractivity contribution in [3.05, 3.63) is 46.9 Å². The number of nitrogens with two attached hydrogens (primary N) is 1. The number of amidine groups is 1. The van der Waals surface area contributed by atoms with E-state index in [1.165, 1.54) is 19.2 Å². The van der Waals surface area contributed by atoms with Gasteiger partial charge in [-0.3, -0.25) is 25.5 Å². The van der Waals surface area contributed by atoms with E-state index in [2.05, 4.69) is 10.5 Å². The maximum Gasteiger partial charge on any atom is 0.460 e. The topological polar surface area (TPSA) is 137 Å². The number of hydrogen-bond donors (Lipinski definition) is 5. The molecule has 0 aliphatic carbocycles. The van der Waals surface area contributed by atoms with Crippen LogP contribution in [0.4, 0.5) is 46.6 Å². The number of aliphatic hydroxyl groups excluding tert-OH is 1. The summed E-state index contributed by atoms with van der Waals surface area (Å²) >= 11 is 0.706. The Morgan fingerprint density at radius 2 is 1.85 bits per heavy atom. The highest BCUT2D eigenvalue weighted by atomic mass is 32.2. The fourth-order valence-corrected chi connectivity index (χ4v) is 3.87. The minimum absolute atomic E-state index is 0.0890. The molecular formula is C21H22F8N6O3S. The van der Waals surface area contributed by atoms with Crippen molar-refractivity contribution in [3.63, 3.8) is 0 Å². The number of nitrogens with one attached hydrogen (secondary N) is 3. The Labute approximate surface area is 220 Å². The molecule has 0 atom stereocenters. The molecule has 216 valence electrons. The molecule has 1 aromatic carbocycles. The van der Waals surface area contributed by atoms with Crippen molar-refractivity contribution in [2.75, 3.05) is 31.1 Å². The molecule has 0 aliphatic heterocycles. The molecule has 0 saturated heterocycles. The van der Waals surface area contributed by atoms with Crippen LogP contribution < -0.4 is 16.6 Å². The molecule has 1 heterocycles. The lowest BCUT2D eigenvalue weighted by molar-refractivity contribution is -0.359. The predicted molar refractivity (Wildman–Crippen MR) is 125 cm³/mol. The number of hydrogen-bond acceptors (Lipinski definition) is 8. The molecule has 0 aliphatic rings. The Kier molecular flexibility index (Phi) is 10.1. The fraction of sp³-hybridized carbons (Fsp3) is 0.381. The van der Waals surface area contributed by atoms with E-state index < -0.39 is 41.1 Å². The molecule has 9 nitrogen and oxygen atoms in total. The molecule has 6 N–H and O–H groups in total. The van der Waals surface area contributed by atoms with Crippen molar-refractivity contribution in [1.29, 1.82) is 5.41 Å². The van der Waals surface area contributed by atoms with Crippen LogP contribution in [0.3, 0.4) is 0 Å². The number of hydrazine groups is 1. The SMILES string of the molecule is CONc1cc(C)c(SC(=N)N(N)CCCO)c(C(=O)Nc2ncc(C(F)(F)C(F)(F)C(F)(F)F)cc2F)c1. The Hall–Kier alpha value is -3.22. The van der Waals surface area contributed by atoms with Gasteiger partial charge in [0.2, 0.25) is 0 Å². The van der Waals surface area contributed by atoms with E-state index in [0.717, 1.165) is 5.01 Å². The first-order valence-electron chi connectivity index (χ1n) is 10.6. The standard InChI is InChI=1S/C21H22F8N6O3S/c1-10-6-12(34-38-2)8-13(15(10)39-18(30)35(31)4-3-5-36)17(37)33-16-14(22)7-11(9-32-16)19(23,24)20(25,26)21(27,28)29/h6-9,30,34,36H,3-5,31H2,1-2H3,(H,32,33,37). The fourth-order valence-electron chi connectivity index (χ4n) is 2.99. The lowest BCUT2D eigenvalue weighted by Gasteiger charge is -2.28. The lowest BCUT2D eigenvalue weighted by Crippen LogP contribution is -2.50. The van der Waals surface area contributed by atoms with E-state index >= 15 is 0 Å². The van der Waals surface area contributed by atoms with Crippen LogP contribution in [0.2, 0.25) is 0 Å². The highest BCUT2D eigenvalue weighted by molar-refractivity contribution is 8.13. The molecule has 0 spiro atoms. The Bertz CT molecular complexity index is 1210. The zero-order chi connectivity index (χ0) is 29.8. The summed E-state index contributed by atoms with van der Waals surface area (Å²) in [6.07, 6.45) is -6.53. The normalized spacial score (nSPS) is 12.3. The quantitative estimate of drug-likeness (QED) is 0.0675. The number of nitrogens with zero attached hydrogens (tertiary/aromatic N) is 2. The average molecular weight is 590 g/mol. The monoisotopic (exact) mass is 590 g/mol. The molecule has 0 saturated carbocycles. The van der Waals surface area contributed by atoms with Crippen molar-refractivity contribution in [3.8, 4) is 0 Å². The summed E-state index contributed by atoms with van der Waals surface area (Å²) < 4.78 is 106.